The Hall–Kier alpha value is -3.21. The Morgan fingerprint density at radius 2 is 2.17 bits per heavy atom. The molecule has 10 nitrogen and oxygen atoms in total. The average Bonchev–Trinajstić information content (AvgIpc) is 2.75. The zero-order valence-corrected chi connectivity index (χ0v) is 15.5. The number of aliphatic hydroxyl groups is 1. The van der Waals surface area contributed by atoms with Crippen molar-refractivity contribution < 1.29 is 14.8 Å². The van der Waals surface area contributed by atoms with Gasteiger partial charge in [0.15, 0.2) is 6.23 Å². The number of nitro benzene ring substituents is 1. The van der Waals surface area contributed by atoms with E-state index in [1.165, 1.54) is 16.8 Å². The Labute approximate surface area is 165 Å². The van der Waals surface area contributed by atoms with Gasteiger partial charge >= 0.3 is 0 Å². The number of fused-ring (bicyclic) bond motifs is 1. The Morgan fingerprint density at radius 1 is 1.31 bits per heavy atom. The van der Waals surface area contributed by atoms with E-state index in [0.717, 1.165) is 0 Å². The lowest BCUT2D eigenvalue weighted by Gasteiger charge is -2.32. The molecule has 0 spiro atoms. The van der Waals surface area contributed by atoms with Crippen molar-refractivity contribution >= 4 is 16.6 Å². The Balaban J connectivity index is 1.87. The van der Waals surface area contributed by atoms with Crippen LogP contribution in [-0.4, -0.2) is 62.5 Å². The molecule has 2 aromatic heterocycles. The second kappa shape index (κ2) is 8.03. The molecule has 1 N–H and O–H groups in total. The molecule has 1 saturated heterocycles. The van der Waals surface area contributed by atoms with Gasteiger partial charge in [-0.3, -0.25) is 24.8 Å². The van der Waals surface area contributed by atoms with E-state index in [1.54, 1.807) is 30.5 Å². The van der Waals surface area contributed by atoms with Crippen molar-refractivity contribution in [2.75, 3.05) is 32.8 Å². The lowest BCUT2D eigenvalue weighted by atomic mass is 10.1. The number of hydrogen-bond acceptors (Lipinski definition) is 8. The van der Waals surface area contributed by atoms with Gasteiger partial charge in [-0.15, -0.1) is 0 Å². The first-order valence-corrected chi connectivity index (χ1v) is 9.15. The predicted octanol–water partition coefficient (Wildman–Crippen LogP) is 1.19. The van der Waals surface area contributed by atoms with E-state index in [4.69, 9.17) is 4.74 Å². The third kappa shape index (κ3) is 3.73. The highest BCUT2D eigenvalue weighted by molar-refractivity contribution is 5.90. The van der Waals surface area contributed by atoms with Gasteiger partial charge in [0.05, 0.1) is 23.5 Å². The molecule has 29 heavy (non-hydrogen) atoms. The quantitative estimate of drug-likeness (QED) is 0.503. The molecule has 0 saturated carbocycles. The summed E-state index contributed by atoms with van der Waals surface area (Å²) in [7, 11) is 0. The van der Waals surface area contributed by atoms with Crippen LogP contribution in [0.2, 0.25) is 0 Å². The zero-order valence-electron chi connectivity index (χ0n) is 15.5. The highest BCUT2D eigenvalue weighted by Crippen LogP contribution is 2.27. The van der Waals surface area contributed by atoms with Crippen LogP contribution in [0.3, 0.4) is 0 Å². The molecule has 4 rings (SSSR count). The minimum atomic E-state index is -0.634. The number of nitrogens with zero attached hydrogens (tertiary/aromatic N) is 5. The minimum Gasteiger partial charge on any atom is -0.395 e. The van der Waals surface area contributed by atoms with E-state index in [-0.39, 0.29) is 17.9 Å². The first-order valence-electron chi connectivity index (χ1n) is 9.15. The summed E-state index contributed by atoms with van der Waals surface area (Å²) in [6.45, 7) is 1.93. The summed E-state index contributed by atoms with van der Waals surface area (Å²) in [5, 5.41) is 25.2. The molecule has 0 aliphatic carbocycles. The lowest BCUT2D eigenvalue weighted by Crippen LogP contribution is -2.45. The van der Waals surface area contributed by atoms with Gasteiger partial charge in [-0.05, 0) is 12.1 Å². The average molecular weight is 397 g/mol. The maximum atomic E-state index is 13.1. The second-order valence-electron chi connectivity index (χ2n) is 6.65. The van der Waals surface area contributed by atoms with Crippen molar-refractivity contribution in [2.24, 2.45) is 0 Å². The number of aliphatic hydroxyl groups excluding tert-OH is 1. The number of benzene rings is 1. The van der Waals surface area contributed by atoms with Crippen LogP contribution >= 0.6 is 0 Å². The molecule has 1 unspecified atom stereocenters. The SMILES string of the molecule is O=c1c2cccnc2c(-c2cccc([N+](=O)[O-])c2)nn1C1CN(CCO)CCO1. The third-order valence-corrected chi connectivity index (χ3v) is 4.83. The number of aromatic nitrogens is 3. The number of nitro groups is 1. The number of non-ortho nitro benzene ring substituents is 1. The summed E-state index contributed by atoms with van der Waals surface area (Å²) in [4.78, 5) is 30.0. The zero-order chi connectivity index (χ0) is 20.4. The normalized spacial score (nSPS) is 17.5. The van der Waals surface area contributed by atoms with Gasteiger partial charge in [-0.1, -0.05) is 12.1 Å². The van der Waals surface area contributed by atoms with Gasteiger partial charge in [0.1, 0.15) is 11.2 Å². The van der Waals surface area contributed by atoms with Crippen molar-refractivity contribution in [3.05, 3.63) is 63.1 Å². The topological polar surface area (TPSA) is 124 Å². The molecule has 0 amide bonds. The van der Waals surface area contributed by atoms with E-state index in [1.807, 2.05) is 4.90 Å². The summed E-state index contributed by atoms with van der Waals surface area (Å²) in [6, 6.07) is 9.37. The van der Waals surface area contributed by atoms with Crippen molar-refractivity contribution in [2.45, 2.75) is 6.23 Å². The summed E-state index contributed by atoms with van der Waals surface area (Å²) in [6.07, 6.45) is 0.916. The molecule has 10 heteroatoms. The fourth-order valence-electron chi connectivity index (χ4n) is 3.42. The van der Waals surface area contributed by atoms with E-state index in [9.17, 15) is 20.0 Å². The molecule has 150 valence electrons. The van der Waals surface area contributed by atoms with Crippen LogP contribution in [0.25, 0.3) is 22.2 Å². The van der Waals surface area contributed by atoms with Gasteiger partial charge in [-0.25, -0.2) is 0 Å². The molecule has 0 bridgehead atoms. The van der Waals surface area contributed by atoms with Gasteiger partial charge in [0, 0.05) is 43.5 Å². The number of morpholine rings is 1. The third-order valence-electron chi connectivity index (χ3n) is 4.83. The van der Waals surface area contributed by atoms with Crippen LogP contribution in [0.1, 0.15) is 6.23 Å². The fraction of sp³-hybridized carbons (Fsp3) is 0.316. The first kappa shape index (κ1) is 19.1. The van der Waals surface area contributed by atoms with Crippen LogP contribution in [0.5, 0.6) is 0 Å². The molecule has 3 aromatic rings. The second-order valence-corrected chi connectivity index (χ2v) is 6.65. The summed E-state index contributed by atoms with van der Waals surface area (Å²) < 4.78 is 7.04. The monoisotopic (exact) mass is 397 g/mol. The van der Waals surface area contributed by atoms with E-state index >= 15 is 0 Å². The van der Waals surface area contributed by atoms with Gasteiger partial charge < -0.3 is 9.84 Å². The predicted molar refractivity (Wildman–Crippen MR) is 104 cm³/mol. The number of hydrogen-bond donors (Lipinski definition) is 1. The standard InChI is InChI=1S/C19H19N5O5/c25-9-7-22-8-10-29-16(12-22)23-19(26)15-5-2-6-20-18(15)17(21-23)13-3-1-4-14(11-13)24(27)28/h1-6,11,16,25H,7-10,12H2. The first-order chi connectivity index (χ1) is 14.1. The number of pyridine rings is 1. The van der Waals surface area contributed by atoms with Crippen LogP contribution in [0.4, 0.5) is 5.69 Å². The van der Waals surface area contributed by atoms with Crippen molar-refractivity contribution in [3.8, 4) is 11.3 Å². The van der Waals surface area contributed by atoms with Crippen molar-refractivity contribution in [3.63, 3.8) is 0 Å². The molecule has 1 aliphatic heterocycles. The number of β-amino-alcohol motifs (C(OH)–C–C–N with tert-alkyl or cyclic N) is 1. The van der Waals surface area contributed by atoms with Crippen LogP contribution in [-0.2, 0) is 4.74 Å². The Kier molecular flexibility index (Phi) is 5.30. The van der Waals surface area contributed by atoms with Crippen molar-refractivity contribution in [1.82, 2.24) is 19.7 Å². The van der Waals surface area contributed by atoms with Crippen molar-refractivity contribution in [1.29, 1.82) is 0 Å². The van der Waals surface area contributed by atoms with E-state index < -0.39 is 11.2 Å². The van der Waals surface area contributed by atoms with Crippen LogP contribution in [0, 0.1) is 10.1 Å². The lowest BCUT2D eigenvalue weighted by molar-refractivity contribution is -0.384. The molecule has 3 heterocycles. The molecule has 1 atom stereocenters. The summed E-state index contributed by atoms with van der Waals surface area (Å²) in [5.74, 6) is 0. The Bertz CT molecular complexity index is 1110. The minimum absolute atomic E-state index is 0.00954. The van der Waals surface area contributed by atoms with Gasteiger partial charge in [0.2, 0.25) is 0 Å². The molecular formula is C19H19N5O5. The highest BCUT2D eigenvalue weighted by Gasteiger charge is 2.25. The maximum Gasteiger partial charge on any atom is 0.278 e. The number of ether oxygens (including phenoxy) is 1. The molecule has 1 aliphatic rings. The fourth-order valence-corrected chi connectivity index (χ4v) is 3.42. The van der Waals surface area contributed by atoms with Gasteiger partial charge in [0.25, 0.3) is 11.2 Å². The number of rotatable bonds is 5. The van der Waals surface area contributed by atoms with E-state index in [2.05, 4.69) is 10.1 Å². The van der Waals surface area contributed by atoms with Crippen LogP contribution < -0.4 is 5.56 Å². The summed E-state index contributed by atoms with van der Waals surface area (Å²) >= 11 is 0. The molecular weight excluding hydrogens is 378 g/mol. The highest BCUT2D eigenvalue weighted by atomic mass is 16.6. The van der Waals surface area contributed by atoms with E-state index in [0.29, 0.717) is 48.4 Å². The van der Waals surface area contributed by atoms with Gasteiger partial charge in [-0.2, -0.15) is 9.78 Å². The molecule has 1 fully saturated rings. The molecule has 0 radical (unpaired) electrons. The maximum absolute atomic E-state index is 13.1. The Morgan fingerprint density at radius 3 is 2.97 bits per heavy atom. The van der Waals surface area contributed by atoms with Crippen LogP contribution in [0.15, 0.2) is 47.4 Å². The largest absolute Gasteiger partial charge is 0.395 e. The summed E-state index contributed by atoms with van der Waals surface area (Å²) in [5.41, 5.74) is 0.802. The smallest absolute Gasteiger partial charge is 0.278 e. The molecule has 1 aromatic carbocycles.